The Morgan fingerprint density at radius 1 is 1.09 bits per heavy atom. The molecule has 0 saturated carbocycles. The van der Waals surface area contributed by atoms with Crippen molar-refractivity contribution in [1.29, 1.82) is 0 Å². The van der Waals surface area contributed by atoms with E-state index < -0.39 is 0 Å². The lowest BCUT2D eigenvalue weighted by Crippen LogP contribution is -2.20. The average Bonchev–Trinajstić information content (AvgIpc) is 2.52. The van der Waals surface area contributed by atoms with E-state index in [1.165, 1.54) is 0 Å². The quantitative estimate of drug-likeness (QED) is 0.474. The van der Waals surface area contributed by atoms with E-state index in [0.29, 0.717) is 19.6 Å². The minimum absolute atomic E-state index is 0.155. The first-order chi connectivity index (χ1) is 10.7. The Morgan fingerprint density at radius 3 is 2.50 bits per heavy atom. The normalized spacial score (nSPS) is 12.1. The molecule has 0 bridgehead atoms. The van der Waals surface area contributed by atoms with Crippen molar-refractivity contribution >= 4 is 5.97 Å². The number of benzene rings is 1. The Labute approximate surface area is 133 Å². The fourth-order valence-electron chi connectivity index (χ4n) is 2.15. The number of carbonyl (C=O) groups is 1. The number of carbonyl (C=O) groups excluding carboxylic acids is 1. The van der Waals surface area contributed by atoms with Crippen molar-refractivity contribution in [2.24, 2.45) is 0 Å². The van der Waals surface area contributed by atoms with Gasteiger partial charge in [0.2, 0.25) is 0 Å². The fraction of sp³-hybridized carbons (Fsp3) is 0.611. The molecule has 0 amide bonds. The highest BCUT2D eigenvalue weighted by molar-refractivity contribution is 5.69. The second-order valence-electron chi connectivity index (χ2n) is 5.54. The van der Waals surface area contributed by atoms with Crippen molar-refractivity contribution < 1.29 is 19.4 Å². The molecule has 1 rings (SSSR count). The topological polar surface area (TPSA) is 55.8 Å². The summed E-state index contributed by atoms with van der Waals surface area (Å²) >= 11 is 0. The predicted octanol–water partition coefficient (Wildman–Crippen LogP) is 3.47. The lowest BCUT2D eigenvalue weighted by molar-refractivity contribution is -0.151. The summed E-state index contributed by atoms with van der Waals surface area (Å²) in [5, 5.41) is 8.67. The molecule has 0 aliphatic rings. The van der Waals surface area contributed by atoms with Gasteiger partial charge in [0, 0.05) is 13.0 Å². The molecule has 0 saturated heterocycles. The number of unbranched alkanes of at least 4 members (excludes halogenated alkanes) is 4. The van der Waals surface area contributed by atoms with Crippen LogP contribution in [0.3, 0.4) is 0 Å². The summed E-state index contributed by atoms with van der Waals surface area (Å²) in [5.74, 6) is -0.155. The molecule has 0 fully saturated rings. The summed E-state index contributed by atoms with van der Waals surface area (Å²) in [4.78, 5) is 11.7. The van der Waals surface area contributed by atoms with Crippen LogP contribution in [0.4, 0.5) is 0 Å². The highest BCUT2D eigenvalue weighted by Crippen LogP contribution is 2.07. The van der Waals surface area contributed by atoms with Gasteiger partial charge in [-0.3, -0.25) is 4.79 Å². The maximum absolute atomic E-state index is 11.7. The zero-order chi connectivity index (χ0) is 16.0. The second-order valence-corrected chi connectivity index (χ2v) is 5.54. The maximum Gasteiger partial charge on any atom is 0.306 e. The van der Waals surface area contributed by atoms with Gasteiger partial charge in [-0.1, -0.05) is 49.6 Å². The number of hydrogen-bond acceptors (Lipinski definition) is 4. The minimum Gasteiger partial charge on any atom is -0.460 e. The third kappa shape index (κ3) is 9.53. The molecule has 4 heteroatoms. The first-order valence-corrected chi connectivity index (χ1v) is 8.14. The van der Waals surface area contributed by atoms with Crippen LogP contribution in [0.5, 0.6) is 0 Å². The molecule has 22 heavy (non-hydrogen) atoms. The van der Waals surface area contributed by atoms with Crippen molar-refractivity contribution in [3.05, 3.63) is 35.9 Å². The summed E-state index contributed by atoms with van der Waals surface area (Å²) in [6.45, 7) is 3.05. The number of esters is 1. The van der Waals surface area contributed by atoms with Crippen molar-refractivity contribution in [2.75, 3.05) is 13.2 Å². The van der Waals surface area contributed by atoms with Gasteiger partial charge in [0.25, 0.3) is 0 Å². The molecule has 1 atom stereocenters. The summed E-state index contributed by atoms with van der Waals surface area (Å²) in [6, 6.07) is 9.93. The summed E-state index contributed by atoms with van der Waals surface area (Å²) in [5.41, 5.74) is 1.11. The molecule has 1 unspecified atom stereocenters. The van der Waals surface area contributed by atoms with Crippen LogP contribution in [0.2, 0.25) is 0 Å². The van der Waals surface area contributed by atoms with E-state index in [9.17, 15) is 4.79 Å². The third-order valence-electron chi connectivity index (χ3n) is 3.34. The van der Waals surface area contributed by atoms with E-state index in [1.807, 2.05) is 37.3 Å². The average molecular weight is 308 g/mol. The largest absolute Gasteiger partial charge is 0.460 e. The molecular formula is C18H28O4. The lowest BCUT2D eigenvalue weighted by atomic mass is 10.1. The Kier molecular flexibility index (Phi) is 10.3. The van der Waals surface area contributed by atoms with Crippen LogP contribution < -0.4 is 0 Å². The fourth-order valence-corrected chi connectivity index (χ4v) is 2.15. The van der Waals surface area contributed by atoms with Gasteiger partial charge in [-0.25, -0.2) is 0 Å². The van der Waals surface area contributed by atoms with E-state index in [0.717, 1.165) is 37.7 Å². The number of ether oxygens (including phenoxy) is 2. The maximum atomic E-state index is 11.7. The summed E-state index contributed by atoms with van der Waals surface area (Å²) in [6.07, 6.45) is 5.03. The van der Waals surface area contributed by atoms with E-state index in [2.05, 4.69) is 0 Å². The molecule has 0 radical (unpaired) electrons. The molecule has 124 valence electrons. The summed E-state index contributed by atoms with van der Waals surface area (Å²) in [7, 11) is 0. The van der Waals surface area contributed by atoms with Crippen LogP contribution in [0.25, 0.3) is 0 Å². The van der Waals surface area contributed by atoms with Gasteiger partial charge < -0.3 is 14.6 Å². The van der Waals surface area contributed by atoms with Crippen LogP contribution in [-0.4, -0.2) is 30.4 Å². The molecule has 0 spiro atoms. The lowest BCUT2D eigenvalue weighted by Gasteiger charge is -2.13. The Morgan fingerprint density at radius 2 is 1.77 bits per heavy atom. The number of hydrogen-bond donors (Lipinski definition) is 1. The molecule has 1 aromatic carbocycles. The van der Waals surface area contributed by atoms with Crippen molar-refractivity contribution in [3.8, 4) is 0 Å². The predicted molar refractivity (Wildman–Crippen MR) is 86.4 cm³/mol. The monoisotopic (exact) mass is 308 g/mol. The van der Waals surface area contributed by atoms with Gasteiger partial charge in [-0.2, -0.15) is 0 Å². The smallest absolute Gasteiger partial charge is 0.306 e. The van der Waals surface area contributed by atoms with E-state index in [4.69, 9.17) is 14.6 Å². The molecule has 1 N–H and O–H groups in total. The zero-order valence-corrected chi connectivity index (χ0v) is 13.5. The van der Waals surface area contributed by atoms with Gasteiger partial charge >= 0.3 is 5.97 Å². The summed E-state index contributed by atoms with van der Waals surface area (Å²) < 4.78 is 10.9. The van der Waals surface area contributed by atoms with Crippen LogP contribution in [0.1, 0.15) is 51.0 Å². The minimum atomic E-state index is -0.217. The van der Waals surface area contributed by atoms with Gasteiger partial charge in [0.15, 0.2) is 0 Å². The van der Waals surface area contributed by atoms with E-state index in [-0.39, 0.29) is 18.7 Å². The van der Waals surface area contributed by atoms with Crippen molar-refractivity contribution in [1.82, 2.24) is 0 Å². The standard InChI is InChI=1S/C18H28O4/c1-16(14-21-15-17-10-6-5-7-11-17)22-18(20)12-8-3-2-4-9-13-19/h5-7,10-11,16,19H,2-4,8-9,12-15H2,1H3. The van der Waals surface area contributed by atoms with Crippen LogP contribution in [0.15, 0.2) is 30.3 Å². The molecule has 0 aliphatic carbocycles. The molecule has 0 aromatic heterocycles. The number of aliphatic hydroxyl groups excluding tert-OH is 1. The van der Waals surface area contributed by atoms with Crippen LogP contribution in [-0.2, 0) is 20.9 Å². The molecule has 1 aromatic rings. The van der Waals surface area contributed by atoms with Crippen molar-refractivity contribution in [2.45, 2.75) is 58.2 Å². The van der Waals surface area contributed by atoms with Gasteiger partial charge in [0.1, 0.15) is 6.10 Å². The van der Waals surface area contributed by atoms with E-state index in [1.54, 1.807) is 0 Å². The van der Waals surface area contributed by atoms with Gasteiger partial charge in [0.05, 0.1) is 13.2 Å². The van der Waals surface area contributed by atoms with Crippen LogP contribution >= 0.6 is 0 Å². The van der Waals surface area contributed by atoms with Crippen molar-refractivity contribution in [3.63, 3.8) is 0 Å². The number of aliphatic hydroxyl groups is 1. The molecular weight excluding hydrogens is 280 g/mol. The SMILES string of the molecule is CC(COCc1ccccc1)OC(=O)CCCCCCCO. The van der Waals surface area contributed by atoms with Gasteiger partial charge in [-0.05, 0) is 25.3 Å². The molecule has 0 heterocycles. The first-order valence-electron chi connectivity index (χ1n) is 8.14. The van der Waals surface area contributed by atoms with Crippen LogP contribution in [0, 0.1) is 0 Å². The highest BCUT2D eigenvalue weighted by atomic mass is 16.6. The number of rotatable bonds is 12. The second kappa shape index (κ2) is 12.2. The molecule has 4 nitrogen and oxygen atoms in total. The zero-order valence-electron chi connectivity index (χ0n) is 13.5. The first kappa shape index (κ1) is 18.7. The van der Waals surface area contributed by atoms with Gasteiger partial charge in [-0.15, -0.1) is 0 Å². The highest BCUT2D eigenvalue weighted by Gasteiger charge is 2.09. The Balaban J connectivity index is 2.01. The third-order valence-corrected chi connectivity index (χ3v) is 3.34. The molecule has 0 aliphatic heterocycles. The Hall–Kier alpha value is -1.39. The van der Waals surface area contributed by atoms with E-state index >= 15 is 0 Å². The Bertz CT molecular complexity index is 391.